The summed E-state index contributed by atoms with van der Waals surface area (Å²) in [5.74, 6) is -2.43. The molecular weight excluding hydrogens is 571 g/mol. The predicted octanol–water partition coefficient (Wildman–Crippen LogP) is 6.36. The highest BCUT2D eigenvalue weighted by atomic mass is 32.2. The van der Waals surface area contributed by atoms with Crippen LogP contribution in [0.1, 0.15) is 40.4 Å². The lowest BCUT2D eigenvalue weighted by Crippen LogP contribution is -2.27. The standard InChI is InChI=1S/C28H25F5N2O5S/c1-16-4-8-25(35(16)22-11-18(27(36)39-2)10-21(14-22)34-41(3,37)38)23-12-19(28(31,32)33)6-9-26(23)40-15-17-5-7-20(29)13-24(17)30/h5-14,16,34H,4,15H2,1-3H3. The Morgan fingerprint density at radius 2 is 1.80 bits per heavy atom. The molecule has 218 valence electrons. The van der Waals surface area contributed by atoms with Crippen LogP contribution in [0.2, 0.25) is 0 Å². The summed E-state index contributed by atoms with van der Waals surface area (Å²) < 4.78 is 105. The smallest absolute Gasteiger partial charge is 0.416 e. The number of esters is 1. The topological polar surface area (TPSA) is 84.9 Å². The highest BCUT2D eigenvalue weighted by Gasteiger charge is 2.34. The lowest BCUT2D eigenvalue weighted by Gasteiger charge is -2.30. The SMILES string of the molecule is COC(=O)c1cc(NS(C)(=O)=O)cc(N2C(c3cc(C(F)(F)F)ccc3OCc3ccc(F)cc3F)=CCC2C)c1. The van der Waals surface area contributed by atoms with Crippen LogP contribution in [0.5, 0.6) is 5.75 Å². The molecule has 3 aromatic carbocycles. The number of sulfonamides is 1. The highest BCUT2D eigenvalue weighted by Crippen LogP contribution is 2.42. The van der Waals surface area contributed by atoms with E-state index in [4.69, 9.17) is 9.47 Å². The third-order valence-corrected chi connectivity index (χ3v) is 6.86. The monoisotopic (exact) mass is 596 g/mol. The van der Waals surface area contributed by atoms with Crippen molar-refractivity contribution >= 4 is 33.1 Å². The van der Waals surface area contributed by atoms with Crippen LogP contribution >= 0.6 is 0 Å². The number of benzene rings is 3. The molecule has 41 heavy (non-hydrogen) atoms. The Bertz CT molecular complexity index is 1620. The van der Waals surface area contributed by atoms with Gasteiger partial charge in [-0.25, -0.2) is 22.0 Å². The van der Waals surface area contributed by atoms with Crippen molar-refractivity contribution in [1.29, 1.82) is 0 Å². The third kappa shape index (κ3) is 6.96. The van der Waals surface area contributed by atoms with Crippen LogP contribution in [0.15, 0.2) is 60.7 Å². The molecule has 4 rings (SSSR count). The lowest BCUT2D eigenvalue weighted by molar-refractivity contribution is -0.137. The Kier molecular flexibility index (Phi) is 8.29. The first-order chi connectivity index (χ1) is 19.2. The Hall–Kier alpha value is -4.13. The molecular formula is C28H25F5N2O5S. The van der Waals surface area contributed by atoms with Gasteiger partial charge in [0.05, 0.1) is 30.2 Å². The number of alkyl halides is 3. The maximum Gasteiger partial charge on any atom is 0.416 e. The largest absolute Gasteiger partial charge is 0.488 e. The van der Waals surface area contributed by atoms with E-state index in [0.717, 1.165) is 37.6 Å². The average molecular weight is 597 g/mol. The van der Waals surface area contributed by atoms with Gasteiger partial charge < -0.3 is 14.4 Å². The zero-order valence-corrected chi connectivity index (χ0v) is 22.9. The van der Waals surface area contributed by atoms with Crippen molar-refractivity contribution < 1.29 is 44.6 Å². The summed E-state index contributed by atoms with van der Waals surface area (Å²) in [5.41, 5.74) is -0.333. The fourth-order valence-electron chi connectivity index (χ4n) is 4.44. The number of anilines is 2. The van der Waals surface area contributed by atoms with Gasteiger partial charge in [0.15, 0.2) is 0 Å². The molecule has 1 aliphatic heterocycles. The summed E-state index contributed by atoms with van der Waals surface area (Å²) in [6.45, 7) is 1.40. The number of halogens is 5. The van der Waals surface area contributed by atoms with Gasteiger partial charge in [-0.2, -0.15) is 13.2 Å². The molecule has 0 radical (unpaired) electrons. The van der Waals surface area contributed by atoms with Crippen LogP contribution in [0.25, 0.3) is 5.70 Å². The minimum Gasteiger partial charge on any atom is -0.488 e. The van der Waals surface area contributed by atoms with Gasteiger partial charge in [-0.15, -0.1) is 0 Å². The van der Waals surface area contributed by atoms with E-state index in [-0.39, 0.29) is 39.9 Å². The van der Waals surface area contributed by atoms with E-state index >= 15 is 0 Å². The lowest BCUT2D eigenvalue weighted by atomic mass is 10.0. The van der Waals surface area contributed by atoms with Gasteiger partial charge >= 0.3 is 12.1 Å². The van der Waals surface area contributed by atoms with Gasteiger partial charge in [0.25, 0.3) is 0 Å². The van der Waals surface area contributed by atoms with Gasteiger partial charge in [-0.1, -0.05) is 6.08 Å². The molecule has 7 nitrogen and oxygen atoms in total. The molecule has 0 spiro atoms. The number of nitrogens with one attached hydrogen (secondary N) is 1. The number of hydrogen-bond acceptors (Lipinski definition) is 6. The van der Waals surface area contributed by atoms with Crippen molar-refractivity contribution in [2.24, 2.45) is 0 Å². The van der Waals surface area contributed by atoms with Crippen molar-refractivity contribution in [1.82, 2.24) is 0 Å². The number of hydrogen-bond donors (Lipinski definition) is 1. The fourth-order valence-corrected chi connectivity index (χ4v) is 4.99. The van der Waals surface area contributed by atoms with E-state index in [1.54, 1.807) is 17.9 Å². The number of carbonyl (C=O) groups is 1. The number of ether oxygens (including phenoxy) is 2. The van der Waals surface area contributed by atoms with Crippen LogP contribution in [0, 0.1) is 11.6 Å². The highest BCUT2D eigenvalue weighted by molar-refractivity contribution is 7.92. The summed E-state index contributed by atoms with van der Waals surface area (Å²) in [7, 11) is -2.60. The van der Waals surface area contributed by atoms with E-state index in [1.807, 2.05) is 0 Å². The molecule has 0 bridgehead atoms. The summed E-state index contributed by atoms with van der Waals surface area (Å²) in [6, 6.07) is 9.53. The molecule has 0 saturated carbocycles. The van der Waals surface area contributed by atoms with Gasteiger partial charge in [0, 0.05) is 34.6 Å². The third-order valence-electron chi connectivity index (χ3n) is 6.25. The molecule has 0 aromatic heterocycles. The first-order valence-electron chi connectivity index (χ1n) is 12.1. The number of nitrogens with zero attached hydrogens (tertiary/aromatic N) is 1. The van der Waals surface area contributed by atoms with Crippen molar-refractivity contribution in [3.63, 3.8) is 0 Å². The Morgan fingerprint density at radius 1 is 1.07 bits per heavy atom. The van der Waals surface area contributed by atoms with E-state index in [2.05, 4.69) is 4.72 Å². The Balaban J connectivity index is 1.81. The van der Waals surface area contributed by atoms with Crippen molar-refractivity contribution in [3.05, 3.63) is 94.6 Å². The van der Waals surface area contributed by atoms with E-state index in [9.17, 15) is 35.2 Å². The summed E-state index contributed by atoms with van der Waals surface area (Å²) in [5, 5.41) is 0. The van der Waals surface area contributed by atoms with E-state index in [1.165, 1.54) is 24.3 Å². The van der Waals surface area contributed by atoms with Crippen LogP contribution in [0.3, 0.4) is 0 Å². The summed E-state index contributed by atoms with van der Waals surface area (Å²) >= 11 is 0. The van der Waals surface area contributed by atoms with Gasteiger partial charge in [-0.05, 0) is 61.9 Å². The molecule has 0 saturated heterocycles. The van der Waals surface area contributed by atoms with Crippen molar-refractivity contribution in [2.45, 2.75) is 32.2 Å². The molecule has 1 N–H and O–H groups in total. The van der Waals surface area contributed by atoms with Crippen LogP contribution in [0.4, 0.5) is 33.3 Å². The van der Waals surface area contributed by atoms with Crippen LogP contribution < -0.4 is 14.4 Å². The molecule has 3 aromatic rings. The molecule has 1 heterocycles. The molecule has 13 heteroatoms. The first kappa shape index (κ1) is 29.8. The second kappa shape index (κ2) is 11.4. The minimum absolute atomic E-state index is 0.00176. The molecule has 1 unspecified atom stereocenters. The summed E-state index contributed by atoms with van der Waals surface area (Å²) in [4.78, 5) is 14.0. The summed E-state index contributed by atoms with van der Waals surface area (Å²) in [6.07, 6.45) is -1.70. The van der Waals surface area contributed by atoms with Crippen LogP contribution in [-0.4, -0.2) is 33.8 Å². The number of rotatable bonds is 8. The number of methoxy groups -OCH3 is 1. The second-order valence-electron chi connectivity index (χ2n) is 9.41. The maximum atomic E-state index is 14.2. The zero-order valence-electron chi connectivity index (χ0n) is 22.1. The molecule has 1 aliphatic rings. The normalized spacial score (nSPS) is 15.5. The van der Waals surface area contributed by atoms with E-state index < -0.39 is 46.0 Å². The molecule has 0 aliphatic carbocycles. The van der Waals surface area contributed by atoms with Gasteiger partial charge in [0.2, 0.25) is 10.0 Å². The van der Waals surface area contributed by atoms with Crippen molar-refractivity contribution in [3.8, 4) is 5.75 Å². The zero-order chi connectivity index (χ0) is 30.1. The van der Waals surface area contributed by atoms with Crippen molar-refractivity contribution in [2.75, 3.05) is 23.0 Å². The maximum absolute atomic E-state index is 14.2. The quantitative estimate of drug-likeness (QED) is 0.241. The van der Waals surface area contributed by atoms with Gasteiger partial charge in [0.1, 0.15) is 24.0 Å². The van der Waals surface area contributed by atoms with Gasteiger partial charge in [-0.3, -0.25) is 4.72 Å². The molecule has 0 amide bonds. The average Bonchev–Trinajstić information content (AvgIpc) is 3.27. The fraction of sp³-hybridized carbons (Fsp3) is 0.250. The second-order valence-corrected chi connectivity index (χ2v) is 11.2. The van der Waals surface area contributed by atoms with E-state index in [0.29, 0.717) is 18.2 Å². The number of carbonyl (C=O) groups excluding carboxylic acids is 1. The van der Waals surface area contributed by atoms with Crippen LogP contribution in [-0.2, 0) is 27.5 Å². The molecule has 0 fully saturated rings. The molecule has 1 atom stereocenters. The minimum atomic E-state index is -4.69. The predicted molar refractivity (Wildman–Crippen MR) is 143 cm³/mol. The first-order valence-corrected chi connectivity index (χ1v) is 14.0. The Morgan fingerprint density at radius 3 is 2.44 bits per heavy atom. The Labute approximate surface area is 233 Å².